The number of rotatable bonds is 3. The van der Waals surface area contributed by atoms with Crippen LogP contribution in [0.3, 0.4) is 0 Å². The van der Waals surface area contributed by atoms with Crippen molar-refractivity contribution in [2.45, 2.75) is 44.8 Å². The molecule has 0 bridgehead atoms. The van der Waals surface area contributed by atoms with Gasteiger partial charge in [-0.05, 0) is 44.4 Å². The molecule has 2 aliphatic rings. The van der Waals surface area contributed by atoms with Crippen molar-refractivity contribution in [3.63, 3.8) is 0 Å². The van der Waals surface area contributed by atoms with Gasteiger partial charge in [-0.25, -0.2) is 0 Å². The second kappa shape index (κ2) is 6.09. The Morgan fingerprint density at radius 2 is 1.95 bits per heavy atom. The van der Waals surface area contributed by atoms with Gasteiger partial charge in [0.05, 0.1) is 24.7 Å². The van der Waals surface area contributed by atoms with Gasteiger partial charge >= 0.3 is 5.97 Å². The van der Waals surface area contributed by atoms with Gasteiger partial charge < -0.3 is 9.47 Å². The zero-order chi connectivity index (χ0) is 15.0. The fourth-order valence-corrected chi connectivity index (χ4v) is 3.97. The van der Waals surface area contributed by atoms with Crippen molar-refractivity contribution < 1.29 is 14.3 Å². The monoisotopic (exact) mass is 352 g/mol. The second-order valence-corrected chi connectivity index (χ2v) is 7.27. The maximum absolute atomic E-state index is 12.1. The van der Waals surface area contributed by atoms with Crippen molar-refractivity contribution in [2.24, 2.45) is 11.8 Å². The summed E-state index contributed by atoms with van der Waals surface area (Å²) in [6.45, 7) is 4.68. The highest BCUT2D eigenvalue weighted by atomic mass is 79.9. The van der Waals surface area contributed by atoms with E-state index in [4.69, 9.17) is 9.47 Å². The van der Waals surface area contributed by atoms with Crippen LogP contribution in [0.25, 0.3) is 0 Å². The van der Waals surface area contributed by atoms with Gasteiger partial charge in [-0.15, -0.1) is 0 Å². The zero-order valence-electron chi connectivity index (χ0n) is 12.4. The molecule has 21 heavy (non-hydrogen) atoms. The molecule has 3 rings (SSSR count). The lowest BCUT2D eigenvalue weighted by Crippen LogP contribution is -2.37. The fourth-order valence-electron chi connectivity index (χ4n) is 3.70. The average molecular weight is 353 g/mol. The van der Waals surface area contributed by atoms with Crippen molar-refractivity contribution >= 4 is 21.9 Å². The van der Waals surface area contributed by atoms with Crippen molar-refractivity contribution in [3.05, 3.63) is 34.3 Å². The molecule has 0 aromatic heterocycles. The SMILES string of the molecule is CC(C)O[C@H]1C[C@H]2COC(=O)[C@H]2[C@@H](c2ccc(Br)cc2)C1. The molecule has 0 spiro atoms. The van der Waals surface area contributed by atoms with Gasteiger partial charge in [0, 0.05) is 16.3 Å². The Morgan fingerprint density at radius 1 is 1.24 bits per heavy atom. The Bertz CT molecular complexity index is 511. The number of fused-ring (bicyclic) bond motifs is 1. The van der Waals surface area contributed by atoms with Gasteiger partial charge in [0.25, 0.3) is 0 Å². The van der Waals surface area contributed by atoms with Gasteiger partial charge in [0.2, 0.25) is 0 Å². The summed E-state index contributed by atoms with van der Waals surface area (Å²) < 4.78 is 12.4. The average Bonchev–Trinajstić information content (AvgIpc) is 2.80. The molecule has 1 saturated heterocycles. The highest BCUT2D eigenvalue weighted by Crippen LogP contribution is 2.46. The lowest BCUT2D eigenvalue weighted by atomic mass is 9.69. The molecule has 0 N–H and O–H groups in total. The Labute approximate surface area is 134 Å². The van der Waals surface area contributed by atoms with E-state index in [-0.39, 0.29) is 30.0 Å². The molecule has 4 heteroatoms. The zero-order valence-corrected chi connectivity index (χ0v) is 14.0. The lowest BCUT2D eigenvalue weighted by molar-refractivity contribution is -0.142. The first-order valence-electron chi connectivity index (χ1n) is 7.62. The molecular weight excluding hydrogens is 332 g/mol. The molecule has 0 radical (unpaired) electrons. The number of ether oxygens (including phenoxy) is 2. The summed E-state index contributed by atoms with van der Waals surface area (Å²) in [5, 5.41) is 0. The topological polar surface area (TPSA) is 35.5 Å². The summed E-state index contributed by atoms with van der Waals surface area (Å²) in [5.74, 6) is 0.466. The standard InChI is InChI=1S/C17H21BrO3/c1-10(2)21-14-7-12-9-20-17(19)16(12)15(8-14)11-3-5-13(18)6-4-11/h3-6,10,12,14-16H,7-9H2,1-2H3/t12-,14-,15+,16+/m0/s1. The molecule has 4 atom stereocenters. The number of benzene rings is 1. The number of hydrogen-bond acceptors (Lipinski definition) is 3. The molecule has 114 valence electrons. The van der Waals surface area contributed by atoms with Crippen molar-refractivity contribution in [1.29, 1.82) is 0 Å². The van der Waals surface area contributed by atoms with E-state index in [2.05, 4.69) is 41.9 Å². The molecule has 1 heterocycles. The largest absolute Gasteiger partial charge is 0.465 e. The summed E-state index contributed by atoms with van der Waals surface area (Å²) in [7, 11) is 0. The van der Waals surface area contributed by atoms with Crippen LogP contribution >= 0.6 is 15.9 Å². The molecule has 3 nitrogen and oxygen atoms in total. The van der Waals surface area contributed by atoms with E-state index < -0.39 is 0 Å². The minimum absolute atomic E-state index is 0.00168. The summed E-state index contributed by atoms with van der Waals surface area (Å²) in [5.41, 5.74) is 1.21. The number of hydrogen-bond donors (Lipinski definition) is 0. The molecular formula is C17H21BrO3. The molecule has 0 unspecified atom stereocenters. The first-order chi connectivity index (χ1) is 10.0. The molecule has 1 aromatic carbocycles. The van der Waals surface area contributed by atoms with E-state index in [1.807, 2.05) is 12.1 Å². The summed E-state index contributed by atoms with van der Waals surface area (Å²) in [6, 6.07) is 8.29. The van der Waals surface area contributed by atoms with E-state index in [0.717, 1.165) is 17.3 Å². The smallest absolute Gasteiger partial charge is 0.309 e. The molecule has 0 amide bonds. The summed E-state index contributed by atoms with van der Waals surface area (Å²) in [6.07, 6.45) is 2.27. The third-order valence-corrected chi connectivity index (χ3v) is 5.03. The number of esters is 1. The number of carbonyl (C=O) groups excluding carboxylic acids is 1. The molecule has 2 fully saturated rings. The van der Waals surface area contributed by atoms with Crippen LogP contribution in [-0.2, 0) is 14.3 Å². The van der Waals surface area contributed by atoms with Crippen LogP contribution in [0.4, 0.5) is 0 Å². The van der Waals surface area contributed by atoms with Crippen molar-refractivity contribution in [2.75, 3.05) is 6.61 Å². The first-order valence-corrected chi connectivity index (χ1v) is 8.41. The molecule has 1 aromatic rings. The van der Waals surface area contributed by atoms with E-state index >= 15 is 0 Å². The van der Waals surface area contributed by atoms with Crippen molar-refractivity contribution in [3.8, 4) is 0 Å². The lowest BCUT2D eigenvalue weighted by Gasteiger charge is -2.36. The van der Waals surface area contributed by atoms with Gasteiger partial charge in [0.1, 0.15) is 0 Å². The third kappa shape index (κ3) is 3.16. The highest BCUT2D eigenvalue weighted by molar-refractivity contribution is 9.10. The Morgan fingerprint density at radius 3 is 2.62 bits per heavy atom. The van der Waals surface area contributed by atoms with Gasteiger partial charge in [-0.3, -0.25) is 4.79 Å². The predicted molar refractivity (Wildman–Crippen MR) is 84.1 cm³/mol. The number of carbonyl (C=O) groups is 1. The van der Waals surface area contributed by atoms with Crippen LogP contribution < -0.4 is 0 Å². The van der Waals surface area contributed by atoms with E-state index in [1.165, 1.54) is 5.56 Å². The predicted octanol–water partition coefficient (Wildman–Crippen LogP) is 3.91. The fraction of sp³-hybridized carbons (Fsp3) is 0.588. The molecule has 1 aliphatic carbocycles. The van der Waals surface area contributed by atoms with E-state index in [1.54, 1.807) is 0 Å². The normalized spacial score (nSPS) is 32.1. The minimum Gasteiger partial charge on any atom is -0.465 e. The molecule has 1 aliphatic heterocycles. The Hall–Kier alpha value is -0.870. The molecule has 1 saturated carbocycles. The Kier molecular flexibility index (Phi) is 4.36. The highest BCUT2D eigenvalue weighted by Gasteiger charge is 2.48. The van der Waals surface area contributed by atoms with Crippen LogP contribution in [0, 0.1) is 11.8 Å². The summed E-state index contributed by atoms with van der Waals surface area (Å²) in [4.78, 5) is 12.1. The number of halogens is 1. The van der Waals surface area contributed by atoms with Crippen LogP contribution in [-0.4, -0.2) is 24.8 Å². The number of cyclic esters (lactones) is 1. The van der Waals surface area contributed by atoms with Gasteiger partial charge in [-0.1, -0.05) is 28.1 Å². The van der Waals surface area contributed by atoms with Gasteiger partial charge in [0.15, 0.2) is 0 Å². The first kappa shape index (κ1) is 15.0. The van der Waals surface area contributed by atoms with E-state index in [9.17, 15) is 4.79 Å². The van der Waals surface area contributed by atoms with E-state index in [0.29, 0.717) is 12.5 Å². The quantitative estimate of drug-likeness (QED) is 0.773. The summed E-state index contributed by atoms with van der Waals surface area (Å²) >= 11 is 3.47. The maximum Gasteiger partial charge on any atom is 0.309 e. The van der Waals surface area contributed by atoms with Crippen LogP contribution in [0.15, 0.2) is 28.7 Å². The third-order valence-electron chi connectivity index (χ3n) is 4.50. The van der Waals surface area contributed by atoms with Crippen LogP contribution in [0.1, 0.15) is 38.2 Å². The minimum atomic E-state index is -0.0316. The van der Waals surface area contributed by atoms with Crippen molar-refractivity contribution in [1.82, 2.24) is 0 Å². The van der Waals surface area contributed by atoms with Crippen LogP contribution in [0.2, 0.25) is 0 Å². The Balaban J connectivity index is 1.86. The van der Waals surface area contributed by atoms with Crippen LogP contribution in [0.5, 0.6) is 0 Å². The van der Waals surface area contributed by atoms with Gasteiger partial charge in [-0.2, -0.15) is 0 Å². The second-order valence-electron chi connectivity index (χ2n) is 6.35. The maximum atomic E-state index is 12.1.